The van der Waals surface area contributed by atoms with E-state index in [9.17, 15) is 9.59 Å². The predicted octanol–water partition coefficient (Wildman–Crippen LogP) is 1.74. The molecule has 1 aliphatic rings. The molecule has 4 nitrogen and oxygen atoms in total. The molecule has 2 amide bonds. The van der Waals surface area contributed by atoms with Crippen LogP contribution in [-0.4, -0.2) is 16.9 Å². The Morgan fingerprint density at radius 2 is 1.59 bits per heavy atom. The highest BCUT2D eigenvalue weighted by atomic mass is 32.1. The van der Waals surface area contributed by atoms with Gasteiger partial charge in [-0.3, -0.25) is 9.59 Å². The second kappa shape index (κ2) is 5.58. The zero-order chi connectivity index (χ0) is 13.1. The van der Waals surface area contributed by atoms with Crippen LogP contribution in [0.15, 0.2) is 0 Å². The Labute approximate surface area is 108 Å². The van der Waals surface area contributed by atoms with Gasteiger partial charge < -0.3 is 10.6 Å². The number of hydrogen-bond acceptors (Lipinski definition) is 3. The van der Waals surface area contributed by atoms with Crippen LogP contribution in [0.2, 0.25) is 0 Å². The molecule has 0 aromatic heterocycles. The standard InChI is InChI=1S/C12H20N2O2S/c1-4-8(5-2)7-12(6-3)9(15)13-11(17)14-10(12)16/h8H,4-7H2,1-3H3,(H2,13,14,15,16,17). The number of carbonyl (C=O) groups excluding carboxylic acids is 2. The van der Waals surface area contributed by atoms with Gasteiger partial charge in [0, 0.05) is 0 Å². The minimum absolute atomic E-state index is 0.119. The lowest BCUT2D eigenvalue weighted by molar-refractivity contribution is -0.145. The summed E-state index contributed by atoms with van der Waals surface area (Å²) < 4.78 is 0. The molecule has 0 aromatic rings. The summed E-state index contributed by atoms with van der Waals surface area (Å²) in [4.78, 5) is 24.2. The van der Waals surface area contributed by atoms with E-state index in [2.05, 4.69) is 24.5 Å². The van der Waals surface area contributed by atoms with Gasteiger partial charge in [-0.05, 0) is 31.0 Å². The molecule has 17 heavy (non-hydrogen) atoms. The highest BCUT2D eigenvalue weighted by molar-refractivity contribution is 7.80. The van der Waals surface area contributed by atoms with Gasteiger partial charge in [0.25, 0.3) is 0 Å². The van der Waals surface area contributed by atoms with E-state index >= 15 is 0 Å². The van der Waals surface area contributed by atoms with Gasteiger partial charge in [-0.15, -0.1) is 0 Å². The third kappa shape index (κ3) is 2.65. The first-order valence-electron chi connectivity index (χ1n) is 6.17. The van der Waals surface area contributed by atoms with Crippen molar-refractivity contribution in [2.45, 2.75) is 46.5 Å². The van der Waals surface area contributed by atoms with Gasteiger partial charge in [0.2, 0.25) is 11.8 Å². The number of amides is 2. The molecular weight excluding hydrogens is 236 g/mol. The number of carbonyl (C=O) groups is 2. The average molecular weight is 256 g/mol. The highest BCUT2D eigenvalue weighted by Gasteiger charge is 2.48. The number of thiocarbonyl (C=S) groups is 1. The maximum absolute atomic E-state index is 12.1. The van der Waals surface area contributed by atoms with Crippen molar-refractivity contribution in [2.75, 3.05) is 0 Å². The molecule has 1 fully saturated rings. The Bertz CT molecular complexity index is 317. The molecular formula is C12H20N2O2S. The smallest absolute Gasteiger partial charge is 0.241 e. The van der Waals surface area contributed by atoms with Crippen molar-refractivity contribution in [3.63, 3.8) is 0 Å². The fourth-order valence-electron chi connectivity index (χ4n) is 2.30. The van der Waals surface area contributed by atoms with Gasteiger partial charge in [0.1, 0.15) is 5.41 Å². The van der Waals surface area contributed by atoms with E-state index in [0.717, 1.165) is 12.8 Å². The van der Waals surface area contributed by atoms with Crippen molar-refractivity contribution in [1.29, 1.82) is 0 Å². The SMILES string of the molecule is CCC(CC)CC1(CC)C(=O)NC(=S)NC1=O. The second-order valence-electron chi connectivity index (χ2n) is 4.56. The Kier molecular flexibility index (Phi) is 4.62. The van der Waals surface area contributed by atoms with E-state index in [1.165, 1.54) is 0 Å². The minimum Gasteiger partial charge on any atom is -0.302 e. The van der Waals surface area contributed by atoms with Gasteiger partial charge >= 0.3 is 0 Å². The Morgan fingerprint density at radius 1 is 1.12 bits per heavy atom. The molecule has 0 spiro atoms. The maximum Gasteiger partial charge on any atom is 0.241 e. The summed E-state index contributed by atoms with van der Waals surface area (Å²) in [5, 5.41) is 5.25. The lowest BCUT2D eigenvalue weighted by atomic mass is 9.73. The van der Waals surface area contributed by atoms with E-state index < -0.39 is 5.41 Å². The van der Waals surface area contributed by atoms with E-state index in [4.69, 9.17) is 12.2 Å². The molecule has 0 bridgehead atoms. The van der Waals surface area contributed by atoms with Crippen LogP contribution in [0.4, 0.5) is 0 Å². The molecule has 2 N–H and O–H groups in total. The molecule has 0 radical (unpaired) electrons. The molecule has 1 rings (SSSR count). The van der Waals surface area contributed by atoms with Gasteiger partial charge in [-0.25, -0.2) is 0 Å². The summed E-state index contributed by atoms with van der Waals surface area (Å²) in [6.07, 6.45) is 3.05. The van der Waals surface area contributed by atoms with Gasteiger partial charge in [-0.2, -0.15) is 0 Å². The van der Waals surface area contributed by atoms with Crippen molar-refractivity contribution in [3.8, 4) is 0 Å². The molecule has 5 heteroatoms. The molecule has 96 valence electrons. The summed E-state index contributed by atoms with van der Waals surface area (Å²) in [6, 6.07) is 0. The van der Waals surface area contributed by atoms with Crippen molar-refractivity contribution in [1.82, 2.24) is 10.6 Å². The lowest BCUT2D eigenvalue weighted by Gasteiger charge is -2.36. The van der Waals surface area contributed by atoms with Crippen LogP contribution in [0.5, 0.6) is 0 Å². The van der Waals surface area contributed by atoms with Gasteiger partial charge in [0.15, 0.2) is 5.11 Å². The van der Waals surface area contributed by atoms with Crippen LogP contribution >= 0.6 is 12.2 Å². The molecule has 0 atom stereocenters. The lowest BCUT2D eigenvalue weighted by Crippen LogP contribution is -2.62. The average Bonchev–Trinajstić information content (AvgIpc) is 2.29. The van der Waals surface area contributed by atoms with Crippen molar-refractivity contribution in [2.24, 2.45) is 11.3 Å². The summed E-state index contributed by atoms with van der Waals surface area (Å²) in [5.74, 6) is -0.112. The fraction of sp³-hybridized carbons (Fsp3) is 0.750. The van der Waals surface area contributed by atoms with Gasteiger partial charge in [-0.1, -0.05) is 33.6 Å². The highest BCUT2D eigenvalue weighted by Crippen LogP contribution is 2.35. The number of nitrogens with one attached hydrogen (secondary N) is 2. The third-order valence-electron chi connectivity index (χ3n) is 3.72. The Hall–Kier alpha value is -0.970. The quantitative estimate of drug-likeness (QED) is 0.582. The van der Waals surface area contributed by atoms with Crippen LogP contribution < -0.4 is 10.6 Å². The normalized spacial score (nSPS) is 19.2. The van der Waals surface area contributed by atoms with Gasteiger partial charge in [0.05, 0.1) is 0 Å². The first kappa shape index (κ1) is 14.1. The fourth-order valence-corrected chi connectivity index (χ4v) is 2.49. The zero-order valence-corrected chi connectivity index (χ0v) is 11.4. The van der Waals surface area contributed by atoms with Crippen molar-refractivity contribution >= 4 is 29.1 Å². The van der Waals surface area contributed by atoms with Crippen LogP contribution in [0.25, 0.3) is 0 Å². The zero-order valence-electron chi connectivity index (χ0n) is 10.6. The summed E-state index contributed by atoms with van der Waals surface area (Å²) >= 11 is 4.82. The van der Waals surface area contributed by atoms with Crippen LogP contribution in [0.3, 0.4) is 0 Å². The van der Waals surface area contributed by atoms with Crippen LogP contribution in [-0.2, 0) is 9.59 Å². The third-order valence-corrected chi connectivity index (χ3v) is 3.92. The van der Waals surface area contributed by atoms with E-state index in [1.807, 2.05) is 6.92 Å². The monoisotopic (exact) mass is 256 g/mol. The first-order valence-corrected chi connectivity index (χ1v) is 6.57. The number of hydrogen-bond donors (Lipinski definition) is 2. The summed E-state index contributed by atoms with van der Waals surface area (Å²) in [5.41, 5.74) is -0.945. The predicted molar refractivity (Wildman–Crippen MR) is 70.3 cm³/mol. The molecule has 0 aromatic carbocycles. The van der Waals surface area contributed by atoms with Crippen LogP contribution in [0.1, 0.15) is 46.5 Å². The van der Waals surface area contributed by atoms with E-state index in [0.29, 0.717) is 18.8 Å². The summed E-state index contributed by atoms with van der Waals surface area (Å²) in [7, 11) is 0. The molecule has 1 heterocycles. The topological polar surface area (TPSA) is 58.2 Å². The Morgan fingerprint density at radius 3 is 1.94 bits per heavy atom. The second-order valence-corrected chi connectivity index (χ2v) is 4.97. The van der Waals surface area contributed by atoms with Crippen molar-refractivity contribution in [3.05, 3.63) is 0 Å². The maximum atomic E-state index is 12.1. The minimum atomic E-state index is -0.945. The molecule has 0 aliphatic carbocycles. The molecule has 1 aliphatic heterocycles. The number of rotatable bonds is 5. The van der Waals surface area contributed by atoms with E-state index in [1.54, 1.807) is 0 Å². The van der Waals surface area contributed by atoms with Crippen molar-refractivity contribution < 1.29 is 9.59 Å². The molecule has 0 saturated carbocycles. The molecule has 1 saturated heterocycles. The molecule has 0 unspecified atom stereocenters. The van der Waals surface area contributed by atoms with E-state index in [-0.39, 0.29) is 16.9 Å². The first-order chi connectivity index (χ1) is 8.00. The summed E-state index contributed by atoms with van der Waals surface area (Å²) in [6.45, 7) is 6.04. The largest absolute Gasteiger partial charge is 0.302 e. The Balaban J connectivity index is 2.96. The van der Waals surface area contributed by atoms with Crippen LogP contribution in [0, 0.1) is 11.3 Å².